The Bertz CT molecular complexity index is 1020. The van der Waals surface area contributed by atoms with Gasteiger partial charge in [-0.15, -0.1) is 0 Å². The first-order valence-corrected chi connectivity index (χ1v) is 8.53. The van der Waals surface area contributed by atoms with Crippen LogP contribution in [-0.4, -0.2) is 13.0 Å². The second kappa shape index (κ2) is 5.29. The first kappa shape index (κ1) is 14.9. The number of aryl methyl sites for hydroxylation is 1. The van der Waals surface area contributed by atoms with Crippen molar-refractivity contribution in [1.82, 2.24) is 4.57 Å². The zero-order valence-corrected chi connectivity index (χ0v) is 13.8. The van der Waals surface area contributed by atoms with Gasteiger partial charge in [-0.3, -0.25) is 9.29 Å². The number of fused-ring (bicyclic) bond motifs is 1. The van der Waals surface area contributed by atoms with E-state index in [1.807, 2.05) is 0 Å². The second-order valence-corrected chi connectivity index (χ2v) is 7.18. The average Bonchev–Trinajstić information content (AvgIpc) is 2.76. The van der Waals surface area contributed by atoms with E-state index in [-0.39, 0.29) is 10.5 Å². The predicted octanol–water partition coefficient (Wildman–Crippen LogP) is 2.69. The summed E-state index contributed by atoms with van der Waals surface area (Å²) < 4.78 is 34.3. The Morgan fingerprint density at radius 3 is 2.64 bits per heavy atom. The van der Waals surface area contributed by atoms with Gasteiger partial charge in [0, 0.05) is 17.6 Å². The largest absolute Gasteiger partial charge is 0.419 e. The van der Waals surface area contributed by atoms with Gasteiger partial charge in [-0.2, -0.15) is 0 Å². The van der Waals surface area contributed by atoms with Crippen molar-refractivity contribution in [2.24, 2.45) is 7.05 Å². The summed E-state index contributed by atoms with van der Waals surface area (Å²) in [7, 11) is -2.22. The van der Waals surface area contributed by atoms with Crippen LogP contribution in [0.5, 0.6) is 0 Å². The number of aromatic nitrogens is 1. The molecule has 2 aromatic carbocycles. The van der Waals surface area contributed by atoms with E-state index in [1.54, 1.807) is 31.3 Å². The van der Waals surface area contributed by atoms with Crippen molar-refractivity contribution in [3.8, 4) is 0 Å². The van der Waals surface area contributed by atoms with Crippen LogP contribution in [0.4, 0.5) is 5.69 Å². The number of rotatable bonds is 3. The summed E-state index contributed by atoms with van der Waals surface area (Å²) in [5.74, 6) is -0.539. The van der Waals surface area contributed by atoms with Crippen LogP contribution < -0.4 is 10.5 Å². The summed E-state index contributed by atoms with van der Waals surface area (Å²) in [4.78, 5) is 11.5. The maximum Gasteiger partial charge on any atom is 0.419 e. The molecule has 0 saturated carbocycles. The summed E-state index contributed by atoms with van der Waals surface area (Å²) in [6.45, 7) is 0. The number of hydrogen-bond acceptors (Lipinski definition) is 4. The molecule has 1 heterocycles. The van der Waals surface area contributed by atoms with Gasteiger partial charge >= 0.3 is 5.76 Å². The smallest absolute Gasteiger partial charge is 0.408 e. The lowest BCUT2D eigenvalue weighted by Crippen LogP contribution is -2.13. The van der Waals surface area contributed by atoms with Crippen LogP contribution in [0.15, 0.2) is 61.0 Å². The molecule has 3 rings (SSSR count). The Morgan fingerprint density at radius 1 is 1.18 bits per heavy atom. The van der Waals surface area contributed by atoms with E-state index >= 15 is 0 Å². The number of oxazole rings is 1. The van der Waals surface area contributed by atoms with E-state index in [4.69, 9.17) is 4.42 Å². The van der Waals surface area contributed by atoms with Gasteiger partial charge in [-0.25, -0.2) is 13.2 Å². The van der Waals surface area contributed by atoms with Crippen molar-refractivity contribution in [3.05, 3.63) is 57.5 Å². The lowest BCUT2D eigenvalue weighted by atomic mass is 10.3. The standard InChI is InChI=1S/C14H11BrN2O4S/c1-17-12-7-6-9(8-13(12)21-14(17)18)22(19,20)16-11-5-3-2-4-10(11)15/h2-8,16H,1H3. The molecule has 0 fully saturated rings. The third-order valence-electron chi connectivity index (χ3n) is 3.19. The Kier molecular flexibility index (Phi) is 3.57. The minimum atomic E-state index is -3.78. The fraction of sp³-hybridized carbons (Fsp3) is 0.0714. The third-order valence-corrected chi connectivity index (χ3v) is 5.25. The van der Waals surface area contributed by atoms with Crippen LogP contribution in [0, 0.1) is 0 Å². The number of hydrogen-bond donors (Lipinski definition) is 1. The van der Waals surface area contributed by atoms with Crippen LogP contribution in [0.25, 0.3) is 11.1 Å². The van der Waals surface area contributed by atoms with Crippen molar-refractivity contribution in [2.75, 3.05) is 4.72 Å². The molecule has 0 unspecified atom stereocenters. The zero-order chi connectivity index (χ0) is 15.9. The normalized spacial score (nSPS) is 11.7. The van der Waals surface area contributed by atoms with E-state index < -0.39 is 15.8 Å². The van der Waals surface area contributed by atoms with E-state index in [0.717, 1.165) is 0 Å². The Balaban J connectivity index is 2.06. The van der Waals surface area contributed by atoms with Gasteiger partial charge in [0.25, 0.3) is 10.0 Å². The molecule has 22 heavy (non-hydrogen) atoms. The summed E-state index contributed by atoms with van der Waals surface area (Å²) in [6.07, 6.45) is 0. The van der Waals surface area contributed by atoms with E-state index in [1.165, 1.54) is 22.8 Å². The molecule has 0 spiro atoms. The van der Waals surface area contributed by atoms with Gasteiger partial charge in [-0.1, -0.05) is 12.1 Å². The second-order valence-electron chi connectivity index (χ2n) is 4.64. The van der Waals surface area contributed by atoms with Gasteiger partial charge in [-0.05, 0) is 40.2 Å². The topological polar surface area (TPSA) is 81.3 Å². The Morgan fingerprint density at radius 2 is 1.91 bits per heavy atom. The molecule has 0 radical (unpaired) electrons. The molecule has 1 N–H and O–H groups in total. The van der Waals surface area contributed by atoms with Crippen molar-refractivity contribution in [2.45, 2.75) is 4.90 Å². The average molecular weight is 383 g/mol. The maximum absolute atomic E-state index is 12.4. The van der Waals surface area contributed by atoms with Crippen molar-refractivity contribution >= 4 is 42.7 Å². The maximum atomic E-state index is 12.4. The van der Waals surface area contributed by atoms with Gasteiger partial charge in [0.15, 0.2) is 5.58 Å². The number of para-hydroxylation sites is 1. The van der Waals surface area contributed by atoms with Crippen LogP contribution >= 0.6 is 15.9 Å². The molecule has 1 aromatic heterocycles. The highest BCUT2D eigenvalue weighted by molar-refractivity contribution is 9.10. The lowest BCUT2D eigenvalue weighted by Gasteiger charge is -2.09. The predicted molar refractivity (Wildman–Crippen MR) is 86.4 cm³/mol. The molecular weight excluding hydrogens is 372 g/mol. The molecule has 0 amide bonds. The lowest BCUT2D eigenvalue weighted by molar-refractivity contribution is 0.527. The van der Waals surface area contributed by atoms with Crippen LogP contribution in [0.2, 0.25) is 0 Å². The van der Waals surface area contributed by atoms with Crippen LogP contribution in [-0.2, 0) is 17.1 Å². The third kappa shape index (κ3) is 2.55. The van der Waals surface area contributed by atoms with Gasteiger partial charge in [0.1, 0.15) is 0 Å². The monoisotopic (exact) mass is 382 g/mol. The SMILES string of the molecule is Cn1c(=O)oc2cc(S(=O)(=O)Nc3ccccc3Br)ccc21. The number of nitrogens with one attached hydrogen (secondary N) is 1. The molecule has 0 aliphatic carbocycles. The molecular formula is C14H11BrN2O4S. The first-order chi connectivity index (χ1) is 10.4. The van der Waals surface area contributed by atoms with Crippen LogP contribution in [0.3, 0.4) is 0 Å². The zero-order valence-electron chi connectivity index (χ0n) is 11.4. The Hall–Kier alpha value is -2.06. The molecule has 0 bridgehead atoms. The quantitative estimate of drug-likeness (QED) is 0.754. The summed E-state index contributed by atoms with van der Waals surface area (Å²) >= 11 is 3.28. The molecule has 0 atom stereocenters. The number of anilines is 1. The molecule has 8 heteroatoms. The van der Waals surface area contributed by atoms with E-state index in [2.05, 4.69) is 20.7 Å². The molecule has 3 aromatic rings. The molecule has 0 aliphatic heterocycles. The first-order valence-electron chi connectivity index (χ1n) is 6.25. The van der Waals surface area contributed by atoms with Crippen molar-refractivity contribution < 1.29 is 12.8 Å². The van der Waals surface area contributed by atoms with Crippen molar-refractivity contribution in [3.63, 3.8) is 0 Å². The summed E-state index contributed by atoms with van der Waals surface area (Å²) in [6, 6.07) is 11.2. The minimum Gasteiger partial charge on any atom is -0.408 e. The highest BCUT2D eigenvalue weighted by Crippen LogP contribution is 2.25. The van der Waals surface area contributed by atoms with Gasteiger partial charge in [0.2, 0.25) is 0 Å². The summed E-state index contributed by atoms with van der Waals surface area (Å²) in [5.41, 5.74) is 1.18. The minimum absolute atomic E-state index is 0.0186. The number of sulfonamides is 1. The summed E-state index contributed by atoms with van der Waals surface area (Å²) in [5, 5.41) is 0. The van der Waals surface area contributed by atoms with Crippen molar-refractivity contribution in [1.29, 1.82) is 0 Å². The van der Waals surface area contributed by atoms with E-state index in [9.17, 15) is 13.2 Å². The van der Waals surface area contributed by atoms with E-state index in [0.29, 0.717) is 15.7 Å². The van der Waals surface area contributed by atoms with Gasteiger partial charge < -0.3 is 4.42 Å². The number of nitrogens with zero attached hydrogens (tertiary/aromatic N) is 1. The number of benzene rings is 2. The van der Waals surface area contributed by atoms with Gasteiger partial charge in [0.05, 0.1) is 16.1 Å². The Labute approximate surface area is 134 Å². The molecule has 0 saturated heterocycles. The highest BCUT2D eigenvalue weighted by Gasteiger charge is 2.18. The molecule has 0 aliphatic rings. The molecule has 6 nitrogen and oxygen atoms in total. The number of halogens is 1. The fourth-order valence-corrected chi connectivity index (χ4v) is 3.64. The van der Waals surface area contributed by atoms with Crippen LogP contribution in [0.1, 0.15) is 0 Å². The highest BCUT2D eigenvalue weighted by atomic mass is 79.9. The molecule has 114 valence electrons. The fourth-order valence-electron chi connectivity index (χ4n) is 2.03.